The summed E-state index contributed by atoms with van der Waals surface area (Å²) in [6, 6.07) is 13.4. The topological polar surface area (TPSA) is 15.3 Å². The average Bonchev–Trinajstić information content (AvgIpc) is 3.17. The van der Waals surface area contributed by atoms with Gasteiger partial charge in [-0.25, -0.2) is 0 Å². The van der Waals surface area contributed by atoms with E-state index in [4.69, 9.17) is 11.6 Å². The lowest BCUT2D eigenvalue weighted by Crippen LogP contribution is -2.16. The Morgan fingerprint density at radius 1 is 1.19 bits per heavy atom. The minimum atomic E-state index is 0.779. The number of benzene rings is 1. The maximum atomic E-state index is 6.03. The Balaban J connectivity index is 1.50. The fourth-order valence-corrected chi connectivity index (χ4v) is 3.67. The summed E-state index contributed by atoms with van der Waals surface area (Å²) < 4.78 is 0. The van der Waals surface area contributed by atoms with Gasteiger partial charge in [0.15, 0.2) is 0 Å². The lowest BCUT2D eigenvalue weighted by atomic mass is 10.2. The highest BCUT2D eigenvalue weighted by Crippen LogP contribution is 2.22. The molecule has 1 aliphatic carbocycles. The molecule has 0 bridgehead atoms. The number of nitrogens with one attached hydrogen (secondary N) is 1. The first kappa shape index (κ1) is 15.0. The Bertz CT molecular complexity index is 592. The molecule has 1 fully saturated rings. The van der Waals surface area contributed by atoms with E-state index in [1.807, 2.05) is 29.5 Å². The molecule has 1 aliphatic rings. The number of halogens is 1. The molecule has 0 atom stereocenters. The van der Waals surface area contributed by atoms with E-state index in [1.54, 1.807) is 0 Å². The van der Waals surface area contributed by atoms with Crippen LogP contribution in [0.2, 0.25) is 5.02 Å². The van der Waals surface area contributed by atoms with Gasteiger partial charge in [0.05, 0.1) is 0 Å². The van der Waals surface area contributed by atoms with E-state index in [1.165, 1.54) is 28.2 Å². The van der Waals surface area contributed by atoms with Crippen molar-refractivity contribution in [2.45, 2.75) is 38.5 Å². The van der Waals surface area contributed by atoms with Gasteiger partial charge in [-0.1, -0.05) is 23.7 Å². The summed E-state index contributed by atoms with van der Waals surface area (Å²) in [6.45, 7) is 2.93. The van der Waals surface area contributed by atoms with Gasteiger partial charge in [-0.3, -0.25) is 4.90 Å². The van der Waals surface area contributed by atoms with Crippen molar-refractivity contribution in [3.05, 3.63) is 56.7 Å². The van der Waals surface area contributed by atoms with Gasteiger partial charge in [-0.05, 0) is 49.7 Å². The number of hydrogen-bond acceptors (Lipinski definition) is 3. The third-order valence-electron chi connectivity index (χ3n) is 3.63. The summed E-state index contributed by atoms with van der Waals surface area (Å²) in [5, 5.41) is 4.38. The largest absolute Gasteiger partial charge is 0.309 e. The third kappa shape index (κ3) is 4.82. The van der Waals surface area contributed by atoms with E-state index >= 15 is 0 Å². The molecule has 0 saturated heterocycles. The van der Waals surface area contributed by atoms with Gasteiger partial charge in [0.1, 0.15) is 0 Å². The van der Waals surface area contributed by atoms with Crippen LogP contribution in [0.3, 0.4) is 0 Å². The van der Waals surface area contributed by atoms with E-state index < -0.39 is 0 Å². The molecule has 0 spiro atoms. The molecule has 0 radical (unpaired) electrons. The first-order chi connectivity index (χ1) is 10.2. The van der Waals surface area contributed by atoms with Gasteiger partial charge >= 0.3 is 0 Å². The molecular formula is C17H21ClN2S. The van der Waals surface area contributed by atoms with Crippen molar-refractivity contribution >= 4 is 22.9 Å². The van der Waals surface area contributed by atoms with Crippen LogP contribution in [0.1, 0.15) is 28.2 Å². The summed E-state index contributed by atoms with van der Waals surface area (Å²) in [5.41, 5.74) is 1.26. The van der Waals surface area contributed by atoms with Crippen LogP contribution in [-0.2, 0) is 19.6 Å². The smallest absolute Gasteiger partial charge is 0.0409 e. The molecule has 1 aromatic carbocycles. The Labute approximate surface area is 135 Å². The molecule has 2 aromatic rings. The molecule has 1 N–H and O–H groups in total. The van der Waals surface area contributed by atoms with Crippen LogP contribution >= 0.6 is 22.9 Å². The van der Waals surface area contributed by atoms with E-state index in [0.29, 0.717) is 0 Å². The molecule has 1 aromatic heterocycles. The lowest BCUT2D eigenvalue weighted by molar-refractivity contribution is 0.322. The van der Waals surface area contributed by atoms with Crippen molar-refractivity contribution in [1.82, 2.24) is 10.2 Å². The zero-order chi connectivity index (χ0) is 14.7. The van der Waals surface area contributed by atoms with Crippen LogP contribution in [0.25, 0.3) is 0 Å². The summed E-state index contributed by atoms with van der Waals surface area (Å²) >= 11 is 7.95. The van der Waals surface area contributed by atoms with Crippen LogP contribution < -0.4 is 5.32 Å². The van der Waals surface area contributed by atoms with Gasteiger partial charge in [0.2, 0.25) is 0 Å². The summed E-state index contributed by atoms with van der Waals surface area (Å²) in [7, 11) is 2.16. The van der Waals surface area contributed by atoms with Crippen molar-refractivity contribution in [1.29, 1.82) is 0 Å². The monoisotopic (exact) mass is 320 g/mol. The number of rotatable bonds is 7. The van der Waals surface area contributed by atoms with Crippen molar-refractivity contribution < 1.29 is 0 Å². The predicted molar refractivity (Wildman–Crippen MR) is 90.8 cm³/mol. The first-order valence-corrected chi connectivity index (χ1v) is 8.62. The quantitative estimate of drug-likeness (QED) is 0.819. The fraction of sp³-hybridized carbons (Fsp3) is 0.412. The third-order valence-corrected chi connectivity index (χ3v) is 4.93. The molecule has 0 amide bonds. The molecule has 1 saturated carbocycles. The summed E-state index contributed by atoms with van der Waals surface area (Å²) in [6.07, 6.45) is 2.70. The lowest BCUT2D eigenvalue weighted by Gasteiger charge is -2.15. The van der Waals surface area contributed by atoms with Gasteiger partial charge in [-0.15, -0.1) is 11.3 Å². The SMILES string of the molecule is CN(Cc1cccc(Cl)c1)Cc1ccc(CNC2CC2)s1. The van der Waals surface area contributed by atoms with Gasteiger partial charge in [0.25, 0.3) is 0 Å². The molecular weight excluding hydrogens is 300 g/mol. The van der Waals surface area contributed by atoms with E-state index in [9.17, 15) is 0 Å². The maximum absolute atomic E-state index is 6.03. The van der Waals surface area contributed by atoms with Crippen molar-refractivity contribution in [3.63, 3.8) is 0 Å². The zero-order valence-electron chi connectivity index (χ0n) is 12.3. The normalized spacial score (nSPS) is 14.8. The molecule has 21 heavy (non-hydrogen) atoms. The second-order valence-electron chi connectivity index (χ2n) is 5.83. The highest BCUT2D eigenvalue weighted by molar-refractivity contribution is 7.11. The van der Waals surface area contributed by atoms with Crippen LogP contribution in [0.5, 0.6) is 0 Å². The molecule has 4 heteroatoms. The molecule has 3 rings (SSSR count). The minimum Gasteiger partial charge on any atom is -0.309 e. The minimum absolute atomic E-state index is 0.779. The Morgan fingerprint density at radius 3 is 2.76 bits per heavy atom. The van der Waals surface area contributed by atoms with Gasteiger partial charge in [0, 0.05) is 40.5 Å². The van der Waals surface area contributed by atoms with Crippen molar-refractivity contribution in [3.8, 4) is 0 Å². The standard InChI is InChI=1S/C17H21ClN2S/c1-20(11-13-3-2-4-14(18)9-13)12-17-8-7-16(21-17)10-19-15-5-6-15/h2-4,7-9,15,19H,5-6,10-12H2,1H3. The van der Waals surface area contributed by atoms with E-state index in [2.05, 4.69) is 35.5 Å². The second kappa shape index (κ2) is 6.93. The number of nitrogens with zero attached hydrogens (tertiary/aromatic N) is 1. The van der Waals surface area contributed by atoms with Gasteiger partial charge < -0.3 is 5.32 Å². The highest BCUT2D eigenvalue weighted by atomic mass is 35.5. The molecule has 0 unspecified atom stereocenters. The predicted octanol–water partition coefficient (Wildman–Crippen LogP) is 4.29. The van der Waals surface area contributed by atoms with Crippen molar-refractivity contribution in [2.24, 2.45) is 0 Å². The van der Waals surface area contributed by atoms with E-state index in [-0.39, 0.29) is 0 Å². The Morgan fingerprint density at radius 2 is 2.00 bits per heavy atom. The van der Waals surface area contributed by atoms with Crippen molar-refractivity contribution in [2.75, 3.05) is 7.05 Å². The molecule has 0 aliphatic heterocycles. The van der Waals surface area contributed by atoms with Crippen LogP contribution in [0.4, 0.5) is 0 Å². The molecule has 1 heterocycles. The average molecular weight is 321 g/mol. The first-order valence-electron chi connectivity index (χ1n) is 7.43. The Kier molecular flexibility index (Phi) is 4.96. The fourth-order valence-electron chi connectivity index (χ4n) is 2.40. The number of hydrogen-bond donors (Lipinski definition) is 1. The van der Waals surface area contributed by atoms with Crippen LogP contribution in [0.15, 0.2) is 36.4 Å². The Hall–Kier alpha value is -0.870. The zero-order valence-corrected chi connectivity index (χ0v) is 13.9. The second-order valence-corrected chi connectivity index (χ2v) is 7.51. The summed E-state index contributed by atoms with van der Waals surface area (Å²) in [5.74, 6) is 0. The molecule has 112 valence electrons. The van der Waals surface area contributed by atoms with E-state index in [0.717, 1.165) is 30.7 Å². The van der Waals surface area contributed by atoms with Crippen LogP contribution in [-0.4, -0.2) is 18.0 Å². The van der Waals surface area contributed by atoms with Gasteiger partial charge in [-0.2, -0.15) is 0 Å². The molecule has 2 nitrogen and oxygen atoms in total. The number of thiophene rings is 1. The summed E-state index contributed by atoms with van der Waals surface area (Å²) in [4.78, 5) is 5.19. The van der Waals surface area contributed by atoms with Crippen LogP contribution in [0, 0.1) is 0 Å². The maximum Gasteiger partial charge on any atom is 0.0409 e. The highest BCUT2D eigenvalue weighted by Gasteiger charge is 2.20.